The van der Waals surface area contributed by atoms with E-state index >= 15 is 0 Å². The number of amides is 1. The fraction of sp³-hybridized carbons (Fsp3) is 0.524. The van der Waals surface area contributed by atoms with E-state index in [0.29, 0.717) is 18.5 Å². The molecule has 4 rings (SSSR count). The highest BCUT2D eigenvalue weighted by Gasteiger charge is 2.47. The summed E-state index contributed by atoms with van der Waals surface area (Å²) < 4.78 is 29.1. The molecule has 1 saturated carbocycles. The molecule has 0 unspecified atom stereocenters. The monoisotopic (exact) mass is 430 g/mol. The summed E-state index contributed by atoms with van der Waals surface area (Å²) in [6, 6.07) is -0.0351. The van der Waals surface area contributed by atoms with Gasteiger partial charge in [0.15, 0.2) is 11.3 Å². The first-order valence-electron chi connectivity index (χ1n) is 10.1. The van der Waals surface area contributed by atoms with Gasteiger partial charge in [0, 0.05) is 44.7 Å². The lowest BCUT2D eigenvalue weighted by atomic mass is 9.76. The summed E-state index contributed by atoms with van der Waals surface area (Å²) in [5.74, 6) is -0.345. The maximum atomic E-state index is 14.4. The average molecular weight is 430 g/mol. The smallest absolute Gasteiger partial charge is 0.410 e. The molecule has 3 aromatic rings. The molecular formula is C21H27FN6O3. The quantitative estimate of drug-likeness (QED) is 0.630. The van der Waals surface area contributed by atoms with E-state index in [1.165, 1.54) is 4.52 Å². The molecular weight excluding hydrogens is 403 g/mol. The van der Waals surface area contributed by atoms with Crippen LogP contribution in [0.3, 0.4) is 0 Å². The number of fused-ring (bicyclic) bond motifs is 1. The van der Waals surface area contributed by atoms with Crippen LogP contribution in [-0.2, 0) is 11.8 Å². The summed E-state index contributed by atoms with van der Waals surface area (Å²) in [6.07, 6.45) is 7.04. The molecule has 0 aromatic carbocycles. The Morgan fingerprint density at radius 2 is 1.97 bits per heavy atom. The summed E-state index contributed by atoms with van der Waals surface area (Å²) in [7, 11) is 3.53. The van der Waals surface area contributed by atoms with Gasteiger partial charge in [0.2, 0.25) is 5.88 Å². The molecule has 1 fully saturated rings. The van der Waals surface area contributed by atoms with Crippen LogP contribution in [0.4, 0.5) is 9.18 Å². The topological polar surface area (TPSA) is 86.8 Å². The summed E-state index contributed by atoms with van der Waals surface area (Å²) in [6.45, 7) is 7.42. The molecule has 0 atom stereocenters. The van der Waals surface area contributed by atoms with E-state index in [1.54, 1.807) is 29.0 Å². The van der Waals surface area contributed by atoms with Gasteiger partial charge < -0.3 is 14.4 Å². The van der Waals surface area contributed by atoms with Crippen molar-refractivity contribution in [1.82, 2.24) is 29.3 Å². The highest BCUT2D eigenvalue weighted by molar-refractivity contribution is 5.68. The highest BCUT2D eigenvalue weighted by atomic mass is 19.1. The molecule has 1 aliphatic rings. The van der Waals surface area contributed by atoms with Gasteiger partial charge >= 0.3 is 6.09 Å². The lowest BCUT2D eigenvalue weighted by Gasteiger charge is -2.48. The van der Waals surface area contributed by atoms with Crippen LogP contribution < -0.4 is 4.74 Å². The zero-order valence-corrected chi connectivity index (χ0v) is 18.6. The normalized spacial score (nSPS) is 21.1. The third kappa shape index (κ3) is 4.19. The maximum Gasteiger partial charge on any atom is 0.410 e. The van der Waals surface area contributed by atoms with Crippen molar-refractivity contribution in [3.8, 4) is 17.1 Å². The molecule has 0 bridgehead atoms. The van der Waals surface area contributed by atoms with Crippen molar-refractivity contribution in [3.63, 3.8) is 0 Å². The molecule has 9 nitrogen and oxygen atoms in total. The van der Waals surface area contributed by atoms with Crippen molar-refractivity contribution in [1.29, 1.82) is 0 Å². The number of halogens is 1. The Balaban J connectivity index is 1.55. The van der Waals surface area contributed by atoms with Gasteiger partial charge in [-0.05, 0) is 27.7 Å². The number of rotatable bonds is 4. The SMILES string of the molecule is CN(C(=O)OC(C)(C)C)C1CC(C)(Oc2nc(-c3cnn(C)c3)cn3ncc(F)c23)C1. The lowest BCUT2D eigenvalue weighted by molar-refractivity contribution is -0.0588. The first-order valence-corrected chi connectivity index (χ1v) is 10.1. The Bertz CT molecular complexity index is 1130. The van der Waals surface area contributed by atoms with Crippen molar-refractivity contribution in [2.24, 2.45) is 7.05 Å². The molecule has 3 heterocycles. The van der Waals surface area contributed by atoms with Crippen LogP contribution in [0.25, 0.3) is 16.8 Å². The van der Waals surface area contributed by atoms with Crippen molar-refractivity contribution in [2.75, 3.05) is 7.05 Å². The Morgan fingerprint density at radius 3 is 2.58 bits per heavy atom. The van der Waals surface area contributed by atoms with Crippen LogP contribution in [0.15, 0.2) is 24.8 Å². The van der Waals surface area contributed by atoms with Crippen molar-refractivity contribution < 1.29 is 18.7 Å². The minimum atomic E-state index is -0.599. The fourth-order valence-corrected chi connectivity index (χ4v) is 3.72. The van der Waals surface area contributed by atoms with E-state index in [9.17, 15) is 9.18 Å². The number of aromatic nitrogens is 5. The Morgan fingerprint density at radius 1 is 1.26 bits per heavy atom. The minimum Gasteiger partial charge on any atom is -0.470 e. The molecule has 3 aromatic heterocycles. The van der Waals surface area contributed by atoms with Gasteiger partial charge in [0.05, 0.1) is 24.3 Å². The van der Waals surface area contributed by atoms with Gasteiger partial charge in [-0.15, -0.1) is 0 Å². The lowest BCUT2D eigenvalue weighted by Crippen LogP contribution is -2.57. The van der Waals surface area contributed by atoms with Crippen LogP contribution in [0, 0.1) is 5.82 Å². The number of ether oxygens (including phenoxy) is 2. The molecule has 1 aliphatic carbocycles. The highest BCUT2D eigenvalue weighted by Crippen LogP contribution is 2.40. The second kappa shape index (κ2) is 7.21. The molecule has 10 heteroatoms. The van der Waals surface area contributed by atoms with Crippen molar-refractivity contribution in [2.45, 2.75) is 57.8 Å². The average Bonchev–Trinajstić information content (AvgIpc) is 3.23. The van der Waals surface area contributed by atoms with Crippen molar-refractivity contribution >= 4 is 11.6 Å². The van der Waals surface area contributed by atoms with E-state index in [-0.39, 0.29) is 23.5 Å². The van der Waals surface area contributed by atoms with E-state index < -0.39 is 17.0 Å². The molecule has 0 spiro atoms. The molecule has 0 saturated heterocycles. The summed E-state index contributed by atoms with van der Waals surface area (Å²) in [4.78, 5) is 18.5. The van der Waals surface area contributed by atoms with E-state index in [2.05, 4.69) is 15.2 Å². The molecule has 0 N–H and O–H groups in total. The minimum absolute atomic E-state index is 0.0351. The largest absolute Gasteiger partial charge is 0.470 e. The van der Waals surface area contributed by atoms with Gasteiger partial charge in [0.1, 0.15) is 11.2 Å². The molecule has 0 aliphatic heterocycles. The number of carbonyl (C=O) groups is 1. The summed E-state index contributed by atoms with van der Waals surface area (Å²) >= 11 is 0. The number of aryl methyl sites for hydroxylation is 1. The second-order valence-corrected chi connectivity index (χ2v) is 9.32. The molecule has 0 radical (unpaired) electrons. The zero-order chi connectivity index (χ0) is 22.6. The maximum absolute atomic E-state index is 14.4. The van der Waals surface area contributed by atoms with Gasteiger partial charge in [-0.2, -0.15) is 10.2 Å². The summed E-state index contributed by atoms with van der Waals surface area (Å²) in [5.41, 5.74) is 0.364. The standard InChI is InChI=1S/C21H27FN6O3/c1-20(2,3)31-19(29)27(6)14-7-21(4,8-14)30-18-17-15(22)10-24-28(17)12-16(25-18)13-9-23-26(5)11-13/h9-12,14H,7-8H2,1-6H3. The second-order valence-electron chi connectivity index (χ2n) is 9.32. The Kier molecular flexibility index (Phi) is 4.90. The van der Waals surface area contributed by atoms with Gasteiger partial charge in [0.25, 0.3) is 0 Å². The van der Waals surface area contributed by atoms with Crippen LogP contribution in [0.1, 0.15) is 40.5 Å². The predicted octanol–water partition coefficient (Wildman–Crippen LogP) is 3.44. The predicted molar refractivity (Wildman–Crippen MR) is 111 cm³/mol. The first-order chi connectivity index (χ1) is 14.4. The number of carbonyl (C=O) groups excluding carboxylic acids is 1. The van der Waals surface area contributed by atoms with Gasteiger partial charge in [-0.1, -0.05) is 0 Å². The third-order valence-corrected chi connectivity index (χ3v) is 5.33. The van der Waals surface area contributed by atoms with Gasteiger partial charge in [-0.3, -0.25) is 4.68 Å². The number of nitrogens with zero attached hydrogens (tertiary/aromatic N) is 6. The van der Waals surface area contributed by atoms with Crippen LogP contribution in [-0.4, -0.2) is 59.7 Å². The molecule has 1 amide bonds. The number of hydrogen-bond acceptors (Lipinski definition) is 6. The van der Waals surface area contributed by atoms with Crippen LogP contribution in [0.5, 0.6) is 5.88 Å². The van der Waals surface area contributed by atoms with E-state index in [1.807, 2.05) is 40.9 Å². The van der Waals surface area contributed by atoms with Crippen LogP contribution >= 0.6 is 0 Å². The van der Waals surface area contributed by atoms with E-state index in [0.717, 1.165) is 11.8 Å². The Hall–Kier alpha value is -3.17. The zero-order valence-electron chi connectivity index (χ0n) is 18.6. The first kappa shape index (κ1) is 21.1. The van der Waals surface area contributed by atoms with Crippen LogP contribution in [0.2, 0.25) is 0 Å². The third-order valence-electron chi connectivity index (χ3n) is 5.33. The Labute approximate surface area is 179 Å². The fourth-order valence-electron chi connectivity index (χ4n) is 3.72. The molecule has 166 valence electrons. The number of hydrogen-bond donors (Lipinski definition) is 0. The van der Waals surface area contributed by atoms with E-state index in [4.69, 9.17) is 9.47 Å². The van der Waals surface area contributed by atoms with Crippen molar-refractivity contribution in [3.05, 3.63) is 30.6 Å². The molecule has 31 heavy (non-hydrogen) atoms. The summed E-state index contributed by atoms with van der Waals surface area (Å²) in [5, 5.41) is 8.23. The van der Waals surface area contributed by atoms with Gasteiger partial charge in [-0.25, -0.2) is 18.7 Å².